The molecule has 5 nitrogen and oxygen atoms in total. The van der Waals surface area contributed by atoms with Gasteiger partial charge in [0.1, 0.15) is 12.4 Å². The summed E-state index contributed by atoms with van der Waals surface area (Å²) in [6.07, 6.45) is 0. The van der Waals surface area contributed by atoms with Crippen LogP contribution >= 0.6 is 0 Å². The zero-order valence-corrected chi connectivity index (χ0v) is 17.2. The Labute approximate surface area is 166 Å². The topological polar surface area (TPSA) is 58.6 Å². The summed E-state index contributed by atoms with van der Waals surface area (Å²) in [7, 11) is 0. The molecule has 148 valence electrons. The number of nitrogens with one attached hydrogen (secondary N) is 1. The Morgan fingerprint density at radius 2 is 1.93 bits per heavy atom. The van der Waals surface area contributed by atoms with E-state index in [1.807, 2.05) is 57.2 Å². The van der Waals surface area contributed by atoms with Gasteiger partial charge in [0.2, 0.25) is 5.91 Å². The molecule has 2 amide bonds. The van der Waals surface area contributed by atoms with Crippen LogP contribution in [0, 0.1) is 18.3 Å². The Bertz CT molecular complexity index is 902. The molecule has 2 aromatic carbocycles. The molecule has 3 rings (SSSR count). The van der Waals surface area contributed by atoms with Crippen molar-refractivity contribution in [1.29, 1.82) is 0 Å². The average molecular weight is 380 g/mol. The zero-order valence-electron chi connectivity index (χ0n) is 17.2. The number of hydrogen-bond acceptors (Lipinski definition) is 3. The van der Waals surface area contributed by atoms with Crippen LogP contribution in [0.5, 0.6) is 5.75 Å². The lowest BCUT2D eigenvalue weighted by Crippen LogP contribution is -2.43. The van der Waals surface area contributed by atoms with Gasteiger partial charge in [-0.05, 0) is 56.5 Å². The van der Waals surface area contributed by atoms with Crippen LogP contribution in [0.2, 0.25) is 0 Å². The van der Waals surface area contributed by atoms with Gasteiger partial charge < -0.3 is 15.0 Å². The molecule has 1 aliphatic rings. The maximum Gasteiger partial charge on any atom is 0.255 e. The Kier molecular flexibility index (Phi) is 5.45. The smallest absolute Gasteiger partial charge is 0.255 e. The first-order valence-electron chi connectivity index (χ1n) is 9.65. The number of carbonyl (C=O) groups is 2. The Balaban J connectivity index is 1.95. The largest absolute Gasteiger partial charge is 0.490 e. The normalized spacial score (nSPS) is 15.6. The SMILES string of the molecule is Cc1ccccc1C(=O)Nc1ccc2c(c1)N(CC(C)C)C(=O)C(C)(C)CO2. The van der Waals surface area contributed by atoms with Crippen LogP contribution in [-0.4, -0.2) is 25.0 Å². The van der Waals surface area contributed by atoms with Gasteiger partial charge >= 0.3 is 0 Å². The van der Waals surface area contributed by atoms with Gasteiger partial charge in [-0.25, -0.2) is 0 Å². The van der Waals surface area contributed by atoms with Crippen molar-refractivity contribution in [2.45, 2.75) is 34.6 Å². The van der Waals surface area contributed by atoms with Crippen molar-refractivity contribution in [3.8, 4) is 5.75 Å². The van der Waals surface area contributed by atoms with E-state index < -0.39 is 5.41 Å². The molecule has 0 bridgehead atoms. The van der Waals surface area contributed by atoms with E-state index in [0.29, 0.717) is 41.8 Å². The summed E-state index contributed by atoms with van der Waals surface area (Å²) in [5, 5.41) is 2.95. The van der Waals surface area contributed by atoms with Crippen LogP contribution in [0.1, 0.15) is 43.6 Å². The number of aryl methyl sites for hydroxylation is 1. The van der Waals surface area contributed by atoms with Crippen molar-refractivity contribution >= 4 is 23.2 Å². The lowest BCUT2D eigenvalue weighted by atomic mass is 9.92. The molecule has 1 aliphatic heterocycles. The quantitative estimate of drug-likeness (QED) is 0.840. The summed E-state index contributed by atoms with van der Waals surface area (Å²) >= 11 is 0. The molecule has 0 saturated carbocycles. The zero-order chi connectivity index (χ0) is 20.5. The number of hydrogen-bond donors (Lipinski definition) is 1. The molecule has 0 spiro atoms. The minimum Gasteiger partial charge on any atom is -0.490 e. The summed E-state index contributed by atoms with van der Waals surface area (Å²) in [6, 6.07) is 12.9. The molecule has 1 N–H and O–H groups in total. The third-order valence-corrected chi connectivity index (χ3v) is 4.86. The summed E-state index contributed by atoms with van der Waals surface area (Å²) < 4.78 is 5.93. The minimum absolute atomic E-state index is 0.0299. The molecule has 2 aromatic rings. The van der Waals surface area contributed by atoms with Crippen molar-refractivity contribution in [2.75, 3.05) is 23.4 Å². The molecule has 28 heavy (non-hydrogen) atoms. The molecule has 0 aliphatic carbocycles. The van der Waals surface area contributed by atoms with E-state index >= 15 is 0 Å². The van der Waals surface area contributed by atoms with Crippen molar-refractivity contribution in [2.24, 2.45) is 11.3 Å². The van der Waals surface area contributed by atoms with Gasteiger partial charge in [-0.2, -0.15) is 0 Å². The van der Waals surface area contributed by atoms with Gasteiger partial charge in [-0.15, -0.1) is 0 Å². The first kappa shape index (κ1) is 19.9. The van der Waals surface area contributed by atoms with Crippen LogP contribution in [0.15, 0.2) is 42.5 Å². The second kappa shape index (κ2) is 7.66. The molecule has 0 saturated heterocycles. The van der Waals surface area contributed by atoms with Gasteiger partial charge in [-0.1, -0.05) is 32.0 Å². The van der Waals surface area contributed by atoms with Crippen LogP contribution < -0.4 is 15.0 Å². The summed E-state index contributed by atoms with van der Waals surface area (Å²) in [5.74, 6) is 0.821. The Hall–Kier alpha value is -2.82. The molecule has 0 atom stereocenters. The first-order valence-corrected chi connectivity index (χ1v) is 9.65. The highest BCUT2D eigenvalue weighted by atomic mass is 16.5. The molecule has 5 heteroatoms. The minimum atomic E-state index is -0.613. The first-order chi connectivity index (χ1) is 13.2. The second-order valence-electron chi connectivity index (χ2n) is 8.43. The Morgan fingerprint density at radius 1 is 1.21 bits per heavy atom. The summed E-state index contributed by atoms with van der Waals surface area (Å²) in [4.78, 5) is 27.6. The van der Waals surface area contributed by atoms with Crippen molar-refractivity contribution < 1.29 is 14.3 Å². The lowest BCUT2D eigenvalue weighted by molar-refractivity contribution is -0.127. The van der Waals surface area contributed by atoms with E-state index in [1.165, 1.54) is 0 Å². The highest BCUT2D eigenvalue weighted by Gasteiger charge is 2.38. The number of benzene rings is 2. The summed E-state index contributed by atoms with van der Waals surface area (Å²) in [6.45, 7) is 10.8. The molecule has 0 radical (unpaired) electrons. The predicted molar refractivity (Wildman–Crippen MR) is 112 cm³/mol. The predicted octanol–water partition coefficient (Wildman–Crippen LogP) is 4.65. The van der Waals surface area contributed by atoms with Crippen molar-refractivity contribution in [3.05, 3.63) is 53.6 Å². The fraction of sp³-hybridized carbons (Fsp3) is 0.391. The van der Waals surface area contributed by atoms with E-state index in [2.05, 4.69) is 19.2 Å². The average Bonchev–Trinajstić information content (AvgIpc) is 2.72. The van der Waals surface area contributed by atoms with Crippen LogP contribution in [-0.2, 0) is 4.79 Å². The standard InChI is InChI=1S/C23H28N2O3/c1-15(2)13-25-19-12-17(24-21(26)18-9-7-6-8-16(18)3)10-11-20(19)28-14-23(4,5)22(25)27/h6-12,15H,13-14H2,1-5H3,(H,24,26). The number of carbonyl (C=O) groups excluding carboxylic acids is 2. The lowest BCUT2D eigenvalue weighted by Gasteiger charge is -2.29. The molecule has 1 heterocycles. The van der Waals surface area contributed by atoms with E-state index in [9.17, 15) is 9.59 Å². The van der Waals surface area contributed by atoms with E-state index in [4.69, 9.17) is 4.74 Å². The van der Waals surface area contributed by atoms with E-state index in [-0.39, 0.29) is 11.8 Å². The van der Waals surface area contributed by atoms with Crippen LogP contribution in [0.3, 0.4) is 0 Å². The van der Waals surface area contributed by atoms with Crippen molar-refractivity contribution in [3.63, 3.8) is 0 Å². The number of nitrogens with zero attached hydrogens (tertiary/aromatic N) is 1. The van der Waals surface area contributed by atoms with Gasteiger partial charge in [0.15, 0.2) is 0 Å². The number of rotatable bonds is 4. The second-order valence-corrected chi connectivity index (χ2v) is 8.43. The number of ether oxygens (including phenoxy) is 1. The molecule has 0 fully saturated rings. The van der Waals surface area contributed by atoms with Crippen molar-refractivity contribution in [1.82, 2.24) is 0 Å². The molecular formula is C23H28N2O3. The van der Waals surface area contributed by atoms with E-state index in [0.717, 1.165) is 5.56 Å². The molecule has 0 aromatic heterocycles. The molecular weight excluding hydrogens is 352 g/mol. The van der Waals surface area contributed by atoms with Gasteiger partial charge in [0, 0.05) is 17.8 Å². The third kappa shape index (κ3) is 4.03. The Morgan fingerprint density at radius 3 is 2.61 bits per heavy atom. The number of fused-ring (bicyclic) bond motifs is 1. The number of amides is 2. The molecule has 0 unspecified atom stereocenters. The van der Waals surface area contributed by atoms with Gasteiger partial charge in [-0.3, -0.25) is 9.59 Å². The monoisotopic (exact) mass is 380 g/mol. The highest BCUT2D eigenvalue weighted by molar-refractivity contribution is 6.06. The third-order valence-electron chi connectivity index (χ3n) is 4.86. The fourth-order valence-corrected chi connectivity index (χ4v) is 3.30. The fourth-order valence-electron chi connectivity index (χ4n) is 3.30. The van der Waals surface area contributed by atoms with Crippen LogP contribution in [0.25, 0.3) is 0 Å². The van der Waals surface area contributed by atoms with E-state index in [1.54, 1.807) is 11.0 Å². The number of anilines is 2. The van der Waals surface area contributed by atoms with Gasteiger partial charge in [0.05, 0.1) is 11.1 Å². The summed E-state index contributed by atoms with van der Waals surface area (Å²) in [5.41, 5.74) is 2.27. The maximum absolute atomic E-state index is 13.1. The van der Waals surface area contributed by atoms with Gasteiger partial charge in [0.25, 0.3) is 5.91 Å². The van der Waals surface area contributed by atoms with Crippen LogP contribution in [0.4, 0.5) is 11.4 Å². The maximum atomic E-state index is 13.1. The highest BCUT2D eigenvalue weighted by Crippen LogP contribution is 2.38.